The average molecular weight is 391 g/mol. The van der Waals surface area contributed by atoms with Crippen molar-refractivity contribution in [2.45, 2.75) is 26.2 Å². The van der Waals surface area contributed by atoms with Crippen LogP contribution in [0.3, 0.4) is 0 Å². The van der Waals surface area contributed by atoms with Crippen LogP contribution in [0.1, 0.15) is 26.5 Å². The van der Waals surface area contributed by atoms with Crippen LogP contribution < -0.4 is 16.4 Å². The van der Waals surface area contributed by atoms with Crippen LogP contribution >= 0.6 is 0 Å². The zero-order valence-electron chi connectivity index (χ0n) is 16.3. The van der Waals surface area contributed by atoms with Gasteiger partial charge in [-0.1, -0.05) is 38.1 Å². The number of nitrogen functional groups attached to an aromatic ring is 1. The number of urea groups is 1. The zero-order valence-corrected chi connectivity index (χ0v) is 16.3. The Bertz CT molecular complexity index is 1170. The predicted octanol–water partition coefficient (Wildman–Crippen LogP) is 4.14. The Kier molecular flexibility index (Phi) is 4.42. The van der Waals surface area contributed by atoms with Gasteiger partial charge in [0, 0.05) is 28.9 Å². The van der Waals surface area contributed by atoms with Crippen LogP contribution in [-0.4, -0.2) is 26.1 Å². The van der Waals surface area contributed by atoms with Gasteiger partial charge in [-0.25, -0.2) is 14.8 Å². The van der Waals surface area contributed by atoms with Gasteiger partial charge in [0.2, 0.25) is 0 Å². The molecule has 148 valence electrons. The smallest absolute Gasteiger partial charge is 0.324 e. The highest BCUT2D eigenvalue weighted by Gasteiger charge is 2.20. The maximum absolute atomic E-state index is 12.2. The van der Waals surface area contributed by atoms with Crippen LogP contribution in [0.25, 0.3) is 22.2 Å². The lowest BCUT2D eigenvalue weighted by atomic mass is 9.93. The Balaban J connectivity index is 1.47. The van der Waals surface area contributed by atoms with Crippen molar-refractivity contribution in [1.29, 1.82) is 0 Å². The topological polar surface area (TPSA) is 135 Å². The van der Waals surface area contributed by atoms with E-state index in [0.29, 0.717) is 28.7 Å². The van der Waals surface area contributed by atoms with E-state index in [4.69, 9.17) is 10.3 Å². The number of anilines is 3. The van der Waals surface area contributed by atoms with Crippen LogP contribution in [-0.2, 0) is 5.41 Å². The molecule has 29 heavy (non-hydrogen) atoms. The molecular weight excluding hydrogens is 370 g/mol. The number of H-pyrrole nitrogens is 1. The summed E-state index contributed by atoms with van der Waals surface area (Å²) in [6, 6.07) is 8.69. The number of nitrogens with two attached hydrogens (primary N) is 1. The second-order valence-electron chi connectivity index (χ2n) is 7.67. The van der Waals surface area contributed by atoms with Crippen molar-refractivity contribution in [3.05, 3.63) is 48.6 Å². The molecule has 0 aliphatic carbocycles. The molecule has 9 nitrogen and oxygen atoms in total. The SMILES string of the molecule is CC(C)(C)c1cc(NC(=O)Nc2ccc(-c3c[nH]c4ncnc(N)c34)cc2)no1. The molecule has 0 saturated carbocycles. The van der Waals surface area contributed by atoms with Gasteiger partial charge in [0.15, 0.2) is 5.82 Å². The van der Waals surface area contributed by atoms with Gasteiger partial charge in [0.05, 0.1) is 5.39 Å². The Morgan fingerprint density at radius 1 is 1.14 bits per heavy atom. The van der Waals surface area contributed by atoms with Crippen molar-refractivity contribution in [3.8, 4) is 11.1 Å². The largest absolute Gasteiger partial charge is 0.383 e. The minimum absolute atomic E-state index is 0.184. The summed E-state index contributed by atoms with van der Waals surface area (Å²) >= 11 is 0. The van der Waals surface area contributed by atoms with Gasteiger partial charge in [-0.2, -0.15) is 0 Å². The fourth-order valence-corrected chi connectivity index (χ4v) is 2.91. The van der Waals surface area contributed by atoms with Crippen LogP contribution in [0.15, 0.2) is 47.4 Å². The van der Waals surface area contributed by atoms with Crippen molar-refractivity contribution in [2.24, 2.45) is 0 Å². The molecule has 0 bridgehead atoms. The van der Waals surface area contributed by atoms with Gasteiger partial charge in [-0.15, -0.1) is 0 Å². The number of rotatable bonds is 3. The molecule has 9 heteroatoms. The Labute approximate surface area is 166 Å². The normalized spacial score (nSPS) is 11.6. The number of nitrogens with zero attached hydrogens (tertiary/aromatic N) is 3. The summed E-state index contributed by atoms with van der Waals surface area (Å²) in [5.41, 5.74) is 8.93. The highest BCUT2D eigenvalue weighted by molar-refractivity contribution is 6.01. The molecule has 0 saturated heterocycles. The predicted molar refractivity (Wildman–Crippen MR) is 112 cm³/mol. The number of hydrogen-bond donors (Lipinski definition) is 4. The molecule has 0 spiro atoms. The quantitative estimate of drug-likeness (QED) is 0.415. The number of nitrogens with one attached hydrogen (secondary N) is 3. The third kappa shape index (κ3) is 3.75. The number of aromatic nitrogens is 4. The molecule has 0 aliphatic heterocycles. The number of hydrogen-bond acceptors (Lipinski definition) is 6. The molecular formula is C20H21N7O2. The van der Waals surface area contributed by atoms with Crippen LogP contribution in [0.2, 0.25) is 0 Å². The highest BCUT2D eigenvalue weighted by Crippen LogP contribution is 2.31. The van der Waals surface area contributed by atoms with E-state index in [2.05, 4.69) is 30.7 Å². The maximum atomic E-state index is 12.2. The van der Waals surface area contributed by atoms with Crippen LogP contribution in [0.4, 0.5) is 22.1 Å². The summed E-state index contributed by atoms with van der Waals surface area (Å²) in [5, 5.41) is 10.1. The van der Waals surface area contributed by atoms with Gasteiger partial charge < -0.3 is 20.6 Å². The second-order valence-corrected chi connectivity index (χ2v) is 7.67. The number of fused-ring (bicyclic) bond motifs is 1. The molecule has 4 rings (SSSR count). The van der Waals surface area contributed by atoms with E-state index in [0.717, 1.165) is 16.5 Å². The van der Waals surface area contributed by atoms with Crippen molar-refractivity contribution in [3.63, 3.8) is 0 Å². The van der Waals surface area contributed by atoms with Crippen molar-refractivity contribution in [1.82, 2.24) is 20.1 Å². The molecule has 1 aromatic carbocycles. The lowest BCUT2D eigenvalue weighted by Crippen LogP contribution is -2.19. The lowest BCUT2D eigenvalue weighted by molar-refractivity contribution is 0.262. The molecule has 3 aromatic heterocycles. The Hall–Kier alpha value is -3.88. The Morgan fingerprint density at radius 3 is 2.59 bits per heavy atom. The van der Waals surface area contributed by atoms with Gasteiger partial charge >= 0.3 is 6.03 Å². The third-order valence-corrected chi connectivity index (χ3v) is 4.44. The number of carbonyl (C=O) groups is 1. The first-order valence-corrected chi connectivity index (χ1v) is 9.04. The molecule has 3 heterocycles. The van der Waals surface area contributed by atoms with E-state index in [-0.39, 0.29) is 5.41 Å². The molecule has 4 aromatic rings. The monoisotopic (exact) mass is 391 g/mol. The summed E-state index contributed by atoms with van der Waals surface area (Å²) in [6.07, 6.45) is 3.26. The van der Waals surface area contributed by atoms with Crippen molar-refractivity contribution in [2.75, 3.05) is 16.4 Å². The van der Waals surface area contributed by atoms with Crippen LogP contribution in [0, 0.1) is 0 Å². The standard InChI is InChI=1S/C20H21N7O2/c1-20(2,3)14-8-15(27-29-14)26-19(28)25-12-6-4-11(5-7-12)13-9-22-18-16(13)17(21)23-10-24-18/h4-10H,1-3H3,(H3,21,22,23,24)(H2,25,26,27,28). The van der Waals surface area contributed by atoms with Crippen molar-refractivity contribution < 1.29 is 9.32 Å². The highest BCUT2D eigenvalue weighted by atomic mass is 16.5. The summed E-state index contributed by atoms with van der Waals surface area (Å²) in [4.78, 5) is 23.5. The zero-order chi connectivity index (χ0) is 20.6. The maximum Gasteiger partial charge on any atom is 0.324 e. The fourth-order valence-electron chi connectivity index (χ4n) is 2.91. The molecule has 0 atom stereocenters. The number of amides is 2. The first-order chi connectivity index (χ1) is 13.8. The van der Waals surface area contributed by atoms with Crippen LogP contribution in [0.5, 0.6) is 0 Å². The molecule has 0 aliphatic rings. The van der Waals surface area contributed by atoms with Crippen molar-refractivity contribution >= 4 is 34.4 Å². The lowest BCUT2D eigenvalue weighted by Gasteiger charge is -2.12. The molecule has 5 N–H and O–H groups in total. The number of carbonyl (C=O) groups excluding carboxylic acids is 1. The van der Waals surface area contributed by atoms with E-state index in [1.165, 1.54) is 6.33 Å². The van der Waals surface area contributed by atoms with E-state index in [1.807, 2.05) is 39.1 Å². The first-order valence-electron chi connectivity index (χ1n) is 9.04. The minimum atomic E-state index is -0.406. The first kappa shape index (κ1) is 18.5. The third-order valence-electron chi connectivity index (χ3n) is 4.44. The Morgan fingerprint density at radius 2 is 1.90 bits per heavy atom. The van der Waals surface area contributed by atoms with E-state index < -0.39 is 6.03 Å². The fraction of sp³-hybridized carbons (Fsp3) is 0.200. The average Bonchev–Trinajstić information content (AvgIpc) is 3.30. The molecule has 2 amide bonds. The van der Waals surface area contributed by atoms with E-state index in [9.17, 15) is 4.79 Å². The van der Waals surface area contributed by atoms with E-state index >= 15 is 0 Å². The summed E-state index contributed by atoms with van der Waals surface area (Å²) < 4.78 is 5.27. The summed E-state index contributed by atoms with van der Waals surface area (Å²) in [5.74, 6) is 1.47. The molecule has 0 radical (unpaired) electrons. The van der Waals surface area contributed by atoms with E-state index in [1.54, 1.807) is 18.2 Å². The van der Waals surface area contributed by atoms with Gasteiger partial charge in [-0.3, -0.25) is 5.32 Å². The van der Waals surface area contributed by atoms with Gasteiger partial charge in [0.1, 0.15) is 23.6 Å². The molecule has 0 unspecified atom stereocenters. The second kappa shape index (κ2) is 6.93. The minimum Gasteiger partial charge on any atom is -0.383 e. The number of benzene rings is 1. The van der Waals surface area contributed by atoms with Gasteiger partial charge in [0.25, 0.3) is 0 Å². The summed E-state index contributed by atoms with van der Waals surface area (Å²) in [7, 11) is 0. The molecule has 0 fully saturated rings. The summed E-state index contributed by atoms with van der Waals surface area (Å²) in [6.45, 7) is 6.02. The van der Waals surface area contributed by atoms with Gasteiger partial charge in [-0.05, 0) is 17.7 Å². The number of aromatic amines is 1.